The molecule has 2 aliphatic rings. The number of esters is 1. The summed E-state index contributed by atoms with van der Waals surface area (Å²) >= 11 is 0. The molecule has 0 unspecified atom stereocenters. The van der Waals surface area contributed by atoms with Gasteiger partial charge in [-0.25, -0.2) is 0 Å². The van der Waals surface area contributed by atoms with Gasteiger partial charge in [-0.15, -0.1) is 0 Å². The number of fused-ring (bicyclic) bond motifs is 1. The first kappa shape index (κ1) is 28.1. The second-order valence-corrected chi connectivity index (χ2v) is 11.1. The lowest BCUT2D eigenvalue weighted by Gasteiger charge is -2.40. The summed E-state index contributed by atoms with van der Waals surface area (Å²) in [6, 6.07) is 13.3. The van der Waals surface area contributed by atoms with Gasteiger partial charge in [0.15, 0.2) is 0 Å². The van der Waals surface area contributed by atoms with E-state index in [-0.39, 0.29) is 24.9 Å². The number of amides is 1. The van der Waals surface area contributed by atoms with Gasteiger partial charge in [0.1, 0.15) is 12.7 Å². The summed E-state index contributed by atoms with van der Waals surface area (Å²) in [6.07, 6.45) is 6.68. The van der Waals surface area contributed by atoms with Gasteiger partial charge in [0.25, 0.3) is 5.91 Å². The maximum atomic E-state index is 13.5. The number of ether oxygens (including phenoxy) is 1. The highest BCUT2D eigenvalue weighted by Crippen LogP contribution is 2.38. The third-order valence-electron chi connectivity index (χ3n) is 8.40. The third kappa shape index (κ3) is 6.66. The number of likely N-dealkylation sites (tertiary alicyclic amines) is 1. The number of pyridine rings is 2. The predicted molar refractivity (Wildman–Crippen MR) is 150 cm³/mol. The molecule has 1 spiro atoms. The first-order valence-electron chi connectivity index (χ1n) is 14.2. The van der Waals surface area contributed by atoms with Crippen LogP contribution in [0.4, 0.5) is 0 Å². The molecular formula is C31H38N4O5. The standard InChI is InChI=1S/C31H38N4O5/c36-27-9-17-35(29(38)25-5-6-26-24(20-25)4-3-13-33-26)16-2-1-10-31(30(39)40-22-28(27)37)11-18-34(19-12-31)21-23-7-14-32-15-8-23/h3-8,13-15,20,27-28,36-37H,1-2,9-12,16-19,21-22H2/t27-,28+/m0/s1. The van der Waals surface area contributed by atoms with Crippen LogP contribution in [0.25, 0.3) is 10.9 Å². The van der Waals surface area contributed by atoms with E-state index >= 15 is 0 Å². The number of piperidine rings is 1. The zero-order chi connectivity index (χ0) is 28.0. The number of hydrogen-bond donors (Lipinski definition) is 2. The largest absolute Gasteiger partial charge is 0.462 e. The van der Waals surface area contributed by atoms with E-state index in [0.717, 1.165) is 43.4 Å². The molecule has 3 aromatic rings. The van der Waals surface area contributed by atoms with Crippen LogP contribution in [0.15, 0.2) is 61.1 Å². The van der Waals surface area contributed by atoms with Crippen LogP contribution >= 0.6 is 0 Å². The summed E-state index contributed by atoms with van der Waals surface area (Å²) in [5, 5.41) is 22.1. The van der Waals surface area contributed by atoms with Crippen molar-refractivity contribution < 1.29 is 24.5 Å². The van der Waals surface area contributed by atoms with E-state index in [9.17, 15) is 19.8 Å². The average Bonchev–Trinajstić information content (AvgIpc) is 3.00. The van der Waals surface area contributed by atoms with Gasteiger partial charge in [0.2, 0.25) is 0 Å². The lowest BCUT2D eigenvalue weighted by molar-refractivity contribution is -0.165. The number of hydrogen-bond acceptors (Lipinski definition) is 8. The molecule has 40 heavy (non-hydrogen) atoms. The first-order valence-corrected chi connectivity index (χ1v) is 14.2. The molecule has 0 bridgehead atoms. The topological polar surface area (TPSA) is 116 Å². The Bertz CT molecular complexity index is 1300. The lowest BCUT2D eigenvalue weighted by atomic mass is 9.74. The number of carbonyl (C=O) groups excluding carboxylic acids is 2. The van der Waals surface area contributed by atoms with Crippen LogP contribution in [0, 0.1) is 5.41 Å². The third-order valence-corrected chi connectivity index (χ3v) is 8.40. The van der Waals surface area contributed by atoms with Crippen molar-refractivity contribution in [3.8, 4) is 0 Å². The minimum absolute atomic E-state index is 0.117. The Labute approximate surface area is 234 Å². The van der Waals surface area contributed by atoms with E-state index < -0.39 is 17.6 Å². The summed E-state index contributed by atoms with van der Waals surface area (Å²) in [4.78, 5) is 39.4. The predicted octanol–water partition coefficient (Wildman–Crippen LogP) is 3.19. The molecule has 9 heteroatoms. The van der Waals surface area contributed by atoms with Gasteiger partial charge in [-0.2, -0.15) is 0 Å². The number of aliphatic hydroxyl groups excluding tert-OH is 2. The molecule has 212 valence electrons. The van der Waals surface area contributed by atoms with E-state index in [1.165, 1.54) is 5.56 Å². The fourth-order valence-electron chi connectivity index (χ4n) is 5.82. The highest BCUT2D eigenvalue weighted by atomic mass is 16.5. The van der Waals surface area contributed by atoms with E-state index in [0.29, 0.717) is 37.9 Å². The van der Waals surface area contributed by atoms with Crippen molar-refractivity contribution in [1.29, 1.82) is 0 Å². The molecule has 2 aliphatic heterocycles. The Morgan fingerprint density at radius 2 is 1.75 bits per heavy atom. The van der Waals surface area contributed by atoms with Crippen molar-refractivity contribution in [1.82, 2.24) is 19.8 Å². The summed E-state index contributed by atoms with van der Waals surface area (Å²) < 4.78 is 5.61. The molecule has 9 nitrogen and oxygen atoms in total. The van der Waals surface area contributed by atoms with Gasteiger partial charge >= 0.3 is 5.97 Å². The Morgan fingerprint density at radius 3 is 2.55 bits per heavy atom. The van der Waals surface area contributed by atoms with Gasteiger partial charge in [0, 0.05) is 49.2 Å². The van der Waals surface area contributed by atoms with Crippen LogP contribution in [-0.4, -0.2) is 86.9 Å². The summed E-state index contributed by atoms with van der Waals surface area (Å²) in [5.74, 6) is -0.409. The molecule has 0 radical (unpaired) electrons. The number of benzene rings is 1. The zero-order valence-corrected chi connectivity index (χ0v) is 22.8. The van der Waals surface area contributed by atoms with Gasteiger partial charge in [0.05, 0.1) is 17.0 Å². The number of carbonyl (C=O) groups is 2. The zero-order valence-electron chi connectivity index (χ0n) is 22.8. The molecule has 0 saturated carbocycles. The van der Waals surface area contributed by atoms with Crippen LogP contribution in [0.1, 0.15) is 54.4 Å². The second-order valence-electron chi connectivity index (χ2n) is 11.1. The Morgan fingerprint density at radius 1 is 0.950 bits per heavy atom. The normalized spacial score (nSPS) is 23.1. The van der Waals surface area contributed by atoms with Crippen LogP contribution in [0.3, 0.4) is 0 Å². The van der Waals surface area contributed by atoms with Crippen LogP contribution < -0.4 is 0 Å². The van der Waals surface area contributed by atoms with Crippen molar-refractivity contribution in [3.05, 3.63) is 72.2 Å². The van der Waals surface area contributed by atoms with Crippen LogP contribution in [0.5, 0.6) is 0 Å². The summed E-state index contributed by atoms with van der Waals surface area (Å²) in [5.41, 5.74) is 1.95. The number of aromatic nitrogens is 2. The van der Waals surface area contributed by atoms with Crippen LogP contribution in [0.2, 0.25) is 0 Å². The van der Waals surface area contributed by atoms with Crippen molar-refractivity contribution in [3.63, 3.8) is 0 Å². The van der Waals surface area contributed by atoms with E-state index in [1.807, 2.05) is 36.4 Å². The van der Waals surface area contributed by atoms with E-state index in [2.05, 4.69) is 14.9 Å². The lowest BCUT2D eigenvalue weighted by Crippen LogP contribution is -2.45. The van der Waals surface area contributed by atoms with Gasteiger partial charge < -0.3 is 19.8 Å². The highest BCUT2D eigenvalue weighted by molar-refractivity contribution is 5.97. The van der Waals surface area contributed by atoms with Crippen molar-refractivity contribution in [2.75, 3.05) is 32.8 Å². The van der Waals surface area contributed by atoms with Crippen molar-refractivity contribution in [2.45, 2.75) is 57.3 Å². The molecule has 1 aromatic carbocycles. The number of rotatable bonds is 3. The molecule has 0 aliphatic carbocycles. The second kappa shape index (κ2) is 12.8. The SMILES string of the molecule is O=C(c1ccc2ncccc2c1)N1CCCCC2(CCN(Cc3ccncc3)CC2)C(=O)OC[C@@H](O)[C@@H](O)CC1. The minimum Gasteiger partial charge on any atom is -0.462 e. The molecule has 5 rings (SSSR count). The van der Waals surface area contributed by atoms with Gasteiger partial charge in [-0.05, 0) is 87.2 Å². The number of nitrogens with zero attached hydrogens (tertiary/aromatic N) is 4. The molecular weight excluding hydrogens is 508 g/mol. The first-order chi connectivity index (χ1) is 19.4. The fourth-order valence-corrected chi connectivity index (χ4v) is 5.82. The summed E-state index contributed by atoms with van der Waals surface area (Å²) in [6.45, 7) is 2.89. The Kier molecular flexibility index (Phi) is 9.04. The van der Waals surface area contributed by atoms with Gasteiger partial charge in [-0.3, -0.25) is 24.5 Å². The molecule has 2 fully saturated rings. The quantitative estimate of drug-likeness (QED) is 0.482. The maximum absolute atomic E-state index is 13.5. The van der Waals surface area contributed by atoms with E-state index in [1.54, 1.807) is 29.6 Å². The van der Waals surface area contributed by atoms with Crippen LogP contribution in [-0.2, 0) is 16.1 Å². The molecule has 2 aromatic heterocycles. The summed E-state index contributed by atoms with van der Waals surface area (Å²) in [7, 11) is 0. The average molecular weight is 547 g/mol. The molecule has 2 saturated heterocycles. The molecule has 2 atom stereocenters. The Hall–Kier alpha value is -3.40. The van der Waals surface area contributed by atoms with Crippen molar-refractivity contribution >= 4 is 22.8 Å². The minimum atomic E-state index is -1.21. The smallest absolute Gasteiger partial charge is 0.312 e. The molecule has 1 amide bonds. The molecule has 2 N–H and O–H groups in total. The maximum Gasteiger partial charge on any atom is 0.312 e. The molecule has 4 heterocycles. The Balaban J connectivity index is 1.27. The monoisotopic (exact) mass is 546 g/mol. The van der Waals surface area contributed by atoms with Crippen molar-refractivity contribution in [2.24, 2.45) is 5.41 Å². The fraction of sp³-hybridized carbons (Fsp3) is 0.484. The van der Waals surface area contributed by atoms with Gasteiger partial charge in [-0.1, -0.05) is 12.5 Å². The van der Waals surface area contributed by atoms with E-state index in [4.69, 9.17) is 4.74 Å². The number of cyclic esters (lactones) is 1. The number of aliphatic hydroxyl groups is 2. The highest BCUT2D eigenvalue weighted by Gasteiger charge is 2.42.